The maximum Gasteiger partial charge on any atom is 0.314 e. The highest BCUT2D eigenvalue weighted by atomic mass is 16.2. The Hall–Kier alpha value is -0.770. The Morgan fingerprint density at radius 3 is 2.75 bits per heavy atom. The molecule has 0 unspecified atom stereocenters. The minimum Gasteiger partial charge on any atom is -0.351 e. The van der Waals surface area contributed by atoms with Crippen LogP contribution in [0.5, 0.6) is 0 Å². The Labute approximate surface area is 72.1 Å². The van der Waals surface area contributed by atoms with Crippen molar-refractivity contribution in [3.63, 3.8) is 0 Å². The summed E-state index contributed by atoms with van der Waals surface area (Å²) in [6, 6.07) is -0.272. The fourth-order valence-electron chi connectivity index (χ4n) is 2.22. The van der Waals surface area contributed by atoms with Crippen LogP contribution in [0, 0.1) is 5.41 Å². The first-order valence-corrected chi connectivity index (χ1v) is 4.47. The summed E-state index contributed by atoms with van der Waals surface area (Å²) in [5, 5.41) is 3.36. The van der Waals surface area contributed by atoms with E-state index in [2.05, 4.69) is 5.32 Å². The van der Waals surface area contributed by atoms with Crippen molar-refractivity contribution < 1.29 is 4.79 Å². The minimum atomic E-state index is -0.272. The number of piperidine rings is 1. The van der Waals surface area contributed by atoms with Gasteiger partial charge in [-0.25, -0.2) is 4.79 Å². The summed E-state index contributed by atoms with van der Waals surface area (Å²) in [6.07, 6.45) is 2.47. The zero-order chi connectivity index (χ0) is 8.60. The largest absolute Gasteiger partial charge is 0.351 e. The van der Waals surface area contributed by atoms with Gasteiger partial charge in [0.2, 0.25) is 0 Å². The fourth-order valence-corrected chi connectivity index (χ4v) is 2.22. The van der Waals surface area contributed by atoms with Crippen LogP contribution in [0.1, 0.15) is 12.8 Å². The van der Waals surface area contributed by atoms with E-state index in [-0.39, 0.29) is 6.03 Å². The molecule has 0 radical (unpaired) electrons. The zero-order valence-electron chi connectivity index (χ0n) is 7.18. The predicted octanol–water partition coefficient (Wildman–Crippen LogP) is -0.250. The van der Waals surface area contributed by atoms with E-state index in [4.69, 9.17) is 5.73 Å². The normalized spacial score (nSPS) is 26.8. The van der Waals surface area contributed by atoms with Gasteiger partial charge in [-0.2, -0.15) is 0 Å². The van der Waals surface area contributed by atoms with Crippen LogP contribution in [0.4, 0.5) is 4.79 Å². The van der Waals surface area contributed by atoms with Gasteiger partial charge in [0.05, 0.1) is 0 Å². The molecular weight excluding hydrogens is 154 g/mol. The van der Waals surface area contributed by atoms with E-state index in [1.165, 1.54) is 12.8 Å². The summed E-state index contributed by atoms with van der Waals surface area (Å²) < 4.78 is 0. The Morgan fingerprint density at radius 2 is 2.25 bits per heavy atom. The minimum absolute atomic E-state index is 0.272. The van der Waals surface area contributed by atoms with E-state index >= 15 is 0 Å². The van der Waals surface area contributed by atoms with Gasteiger partial charge in [0.25, 0.3) is 0 Å². The van der Waals surface area contributed by atoms with E-state index in [9.17, 15) is 4.79 Å². The quantitative estimate of drug-likeness (QED) is 0.525. The number of urea groups is 1. The Balaban J connectivity index is 1.88. The zero-order valence-corrected chi connectivity index (χ0v) is 7.18. The van der Waals surface area contributed by atoms with Crippen LogP contribution >= 0.6 is 0 Å². The van der Waals surface area contributed by atoms with Crippen molar-refractivity contribution in [3.05, 3.63) is 0 Å². The first kappa shape index (κ1) is 7.86. The molecule has 2 saturated heterocycles. The lowest BCUT2D eigenvalue weighted by Gasteiger charge is -2.51. The first-order chi connectivity index (χ1) is 5.72. The van der Waals surface area contributed by atoms with Crippen molar-refractivity contribution in [2.45, 2.75) is 12.8 Å². The van der Waals surface area contributed by atoms with Crippen LogP contribution < -0.4 is 11.1 Å². The molecule has 2 rings (SSSR count). The van der Waals surface area contributed by atoms with Crippen LogP contribution in [-0.2, 0) is 0 Å². The van der Waals surface area contributed by atoms with Crippen molar-refractivity contribution in [1.29, 1.82) is 0 Å². The highest BCUT2D eigenvalue weighted by Gasteiger charge is 2.44. The lowest BCUT2D eigenvalue weighted by Crippen LogP contribution is -2.64. The molecule has 2 fully saturated rings. The summed E-state index contributed by atoms with van der Waals surface area (Å²) in [5.74, 6) is 0. The summed E-state index contributed by atoms with van der Waals surface area (Å²) in [5.41, 5.74) is 5.52. The molecule has 68 valence electrons. The molecule has 2 aliphatic heterocycles. The standard InChI is InChI=1S/C8H15N3O/c9-7(12)11-5-8(6-11)2-1-3-10-4-8/h10H,1-6H2,(H2,9,12). The number of carbonyl (C=O) groups excluding carboxylic acids is 1. The highest BCUT2D eigenvalue weighted by Crippen LogP contribution is 2.35. The monoisotopic (exact) mass is 169 g/mol. The highest BCUT2D eigenvalue weighted by molar-refractivity contribution is 5.73. The molecule has 0 aromatic rings. The molecule has 0 atom stereocenters. The smallest absolute Gasteiger partial charge is 0.314 e. The van der Waals surface area contributed by atoms with Crippen LogP contribution in [-0.4, -0.2) is 37.1 Å². The summed E-state index contributed by atoms with van der Waals surface area (Å²) in [4.78, 5) is 12.5. The van der Waals surface area contributed by atoms with Crippen molar-refractivity contribution in [2.24, 2.45) is 11.1 Å². The van der Waals surface area contributed by atoms with Crippen LogP contribution in [0.25, 0.3) is 0 Å². The summed E-state index contributed by atoms with van der Waals surface area (Å²) in [7, 11) is 0. The second-order valence-corrected chi connectivity index (χ2v) is 3.97. The fraction of sp³-hybridized carbons (Fsp3) is 0.875. The number of carbonyl (C=O) groups is 1. The van der Waals surface area contributed by atoms with Gasteiger partial charge >= 0.3 is 6.03 Å². The van der Waals surface area contributed by atoms with Crippen molar-refractivity contribution in [3.8, 4) is 0 Å². The van der Waals surface area contributed by atoms with Crippen LogP contribution in [0.2, 0.25) is 0 Å². The molecule has 0 aromatic carbocycles. The maximum absolute atomic E-state index is 10.7. The topological polar surface area (TPSA) is 58.4 Å². The first-order valence-electron chi connectivity index (χ1n) is 4.47. The van der Waals surface area contributed by atoms with Crippen LogP contribution in [0.15, 0.2) is 0 Å². The molecule has 12 heavy (non-hydrogen) atoms. The van der Waals surface area contributed by atoms with Crippen molar-refractivity contribution >= 4 is 6.03 Å². The molecule has 4 heteroatoms. The number of hydrogen-bond donors (Lipinski definition) is 2. The average molecular weight is 169 g/mol. The molecular formula is C8H15N3O. The predicted molar refractivity (Wildman–Crippen MR) is 45.7 cm³/mol. The van der Waals surface area contributed by atoms with Crippen molar-refractivity contribution in [2.75, 3.05) is 26.2 Å². The van der Waals surface area contributed by atoms with Crippen LogP contribution in [0.3, 0.4) is 0 Å². The van der Waals surface area contributed by atoms with Gasteiger partial charge in [-0.3, -0.25) is 0 Å². The molecule has 0 aliphatic carbocycles. The molecule has 0 bridgehead atoms. The van der Waals surface area contributed by atoms with E-state index < -0.39 is 0 Å². The molecule has 4 nitrogen and oxygen atoms in total. The number of likely N-dealkylation sites (tertiary alicyclic amines) is 1. The van der Waals surface area contributed by atoms with E-state index in [0.29, 0.717) is 5.41 Å². The van der Waals surface area contributed by atoms with E-state index in [0.717, 1.165) is 26.2 Å². The van der Waals surface area contributed by atoms with E-state index in [1.807, 2.05) is 0 Å². The molecule has 0 aromatic heterocycles. The Morgan fingerprint density at radius 1 is 1.50 bits per heavy atom. The van der Waals surface area contributed by atoms with Gasteiger partial charge in [0, 0.05) is 25.0 Å². The van der Waals surface area contributed by atoms with Gasteiger partial charge in [-0.1, -0.05) is 0 Å². The lowest BCUT2D eigenvalue weighted by atomic mass is 9.74. The molecule has 1 spiro atoms. The number of nitrogens with one attached hydrogen (secondary N) is 1. The molecule has 2 heterocycles. The van der Waals surface area contributed by atoms with Crippen molar-refractivity contribution in [1.82, 2.24) is 10.2 Å². The molecule has 0 saturated carbocycles. The van der Waals surface area contributed by atoms with Gasteiger partial charge < -0.3 is 16.0 Å². The molecule has 2 aliphatic rings. The summed E-state index contributed by atoms with van der Waals surface area (Å²) in [6.45, 7) is 3.89. The third kappa shape index (κ3) is 1.16. The Kier molecular flexibility index (Phi) is 1.72. The van der Waals surface area contributed by atoms with Gasteiger partial charge in [-0.15, -0.1) is 0 Å². The lowest BCUT2D eigenvalue weighted by molar-refractivity contribution is 0.0148. The second-order valence-electron chi connectivity index (χ2n) is 3.97. The number of nitrogens with zero attached hydrogens (tertiary/aromatic N) is 1. The average Bonchev–Trinajstić information content (AvgIpc) is 2.01. The van der Waals surface area contributed by atoms with Gasteiger partial charge in [0.15, 0.2) is 0 Å². The number of amides is 2. The number of primary amides is 1. The third-order valence-electron chi connectivity index (χ3n) is 2.92. The molecule has 3 N–H and O–H groups in total. The summed E-state index contributed by atoms with van der Waals surface area (Å²) >= 11 is 0. The third-order valence-corrected chi connectivity index (χ3v) is 2.92. The SMILES string of the molecule is NC(=O)N1CC2(CCCNC2)C1. The Bertz CT molecular complexity index is 190. The number of hydrogen-bond acceptors (Lipinski definition) is 2. The van der Waals surface area contributed by atoms with Gasteiger partial charge in [-0.05, 0) is 19.4 Å². The second kappa shape index (κ2) is 2.62. The molecule has 2 amide bonds. The number of nitrogens with two attached hydrogens (primary N) is 1. The number of rotatable bonds is 0. The van der Waals surface area contributed by atoms with Gasteiger partial charge in [0.1, 0.15) is 0 Å². The van der Waals surface area contributed by atoms with E-state index in [1.54, 1.807) is 4.90 Å². The maximum atomic E-state index is 10.7.